The van der Waals surface area contributed by atoms with E-state index in [0.29, 0.717) is 19.7 Å². The molecule has 0 aromatic heterocycles. The lowest BCUT2D eigenvalue weighted by molar-refractivity contribution is -0.143. The molecule has 0 N–H and O–H groups in total. The zero-order chi connectivity index (χ0) is 13.5. The lowest BCUT2D eigenvalue weighted by Crippen LogP contribution is -2.38. The number of hydrogen-bond donors (Lipinski definition) is 0. The summed E-state index contributed by atoms with van der Waals surface area (Å²) in [5.41, 5.74) is -0.519. The van der Waals surface area contributed by atoms with Crippen molar-refractivity contribution in [3.05, 3.63) is 0 Å². The molecule has 0 unspecified atom stereocenters. The first kappa shape index (κ1) is 15.7. The molecule has 17 heavy (non-hydrogen) atoms. The summed E-state index contributed by atoms with van der Waals surface area (Å²) in [6.07, 6.45) is -0.203. The Morgan fingerprint density at radius 2 is 1.76 bits per heavy atom. The van der Waals surface area contributed by atoms with Gasteiger partial charge in [0, 0.05) is 13.1 Å². The van der Waals surface area contributed by atoms with E-state index in [1.165, 1.54) is 4.90 Å². The van der Waals surface area contributed by atoms with E-state index in [4.69, 9.17) is 9.47 Å². The third kappa shape index (κ3) is 7.60. The van der Waals surface area contributed by atoms with Gasteiger partial charge >= 0.3 is 12.1 Å². The molecule has 0 heterocycles. The second kappa shape index (κ2) is 7.14. The van der Waals surface area contributed by atoms with Gasteiger partial charge in [-0.2, -0.15) is 0 Å². The van der Waals surface area contributed by atoms with Crippen molar-refractivity contribution in [1.29, 1.82) is 0 Å². The van der Waals surface area contributed by atoms with Crippen molar-refractivity contribution in [2.45, 2.75) is 46.6 Å². The molecule has 5 nitrogen and oxygen atoms in total. The Labute approximate surface area is 103 Å². The summed E-state index contributed by atoms with van der Waals surface area (Å²) in [5, 5.41) is 0. The highest BCUT2D eigenvalue weighted by molar-refractivity contribution is 5.72. The van der Waals surface area contributed by atoms with E-state index in [2.05, 4.69) is 0 Å². The molecule has 1 amide bonds. The highest BCUT2D eigenvalue weighted by Crippen LogP contribution is 2.10. The smallest absolute Gasteiger partial charge is 0.410 e. The van der Waals surface area contributed by atoms with E-state index in [0.717, 1.165) is 0 Å². The van der Waals surface area contributed by atoms with Gasteiger partial charge in [0.05, 0.1) is 13.0 Å². The van der Waals surface area contributed by atoms with Gasteiger partial charge in [0.15, 0.2) is 0 Å². The second-order valence-electron chi connectivity index (χ2n) is 4.62. The first-order valence-corrected chi connectivity index (χ1v) is 5.93. The van der Waals surface area contributed by atoms with E-state index in [9.17, 15) is 9.59 Å². The maximum atomic E-state index is 11.7. The van der Waals surface area contributed by atoms with E-state index in [1.807, 2.05) is 27.7 Å². The summed E-state index contributed by atoms with van der Waals surface area (Å²) < 4.78 is 10.0. The number of nitrogens with zero attached hydrogens (tertiary/aromatic N) is 1. The predicted octanol–water partition coefficient (Wildman–Crippen LogP) is 2.20. The second-order valence-corrected chi connectivity index (χ2v) is 4.62. The minimum atomic E-state index is -0.519. The average molecular weight is 245 g/mol. The Morgan fingerprint density at radius 1 is 1.18 bits per heavy atom. The molecule has 5 heteroatoms. The van der Waals surface area contributed by atoms with Crippen molar-refractivity contribution in [2.24, 2.45) is 0 Å². The van der Waals surface area contributed by atoms with Gasteiger partial charge in [-0.25, -0.2) is 4.79 Å². The molecule has 0 rings (SSSR count). The van der Waals surface area contributed by atoms with E-state index >= 15 is 0 Å². The van der Waals surface area contributed by atoms with Crippen LogP contribution in [0.4, 0.5) is 4.79 Å². The lowest BCUT2D eigenvalue weighted by Gasteiger charge is -2.26. The fourth-order valence-electron chi connectivity index (χ4n) is 1.16. The van der Waals surface area contributed by atoms with Crippen LogP contribution in [0.1, 0.15) is 41.0 Å². The number of amides is 1. The number of carbonyl (C=O) groups excluding carboxylic acids is 2. The Bertz CT molecular complexity index is 258. The number of esters is 1. The maximum Gasteiger partial charge on any atom is 0.410 e. The van der Waals surface area contributed by atoms with Crippen LogP contribution >= 0.6 is 0 Å². The molecule has 0 aliphatic rings. The highest BCUT2D eigenvalue weighted by atomic mass is 16.6. The molecule has 0 fully saturated rings. The Balaban J connectivity index is 4.15. The van der Waals surface area contributed by atoms with Crippen LogP contribution in [0.2, 0.25) is 0 Å². The van der Waals surface area contributed by atoms with Crippen LogP contribution in [0.3, 0.4) is 0 Å². The summed E-state index contributed by atoms with van der Waals surface area (Å²) in [6, 6.07) is 0. The van der Waals surface area contributed by atoms with Crippen molar-refractivity contribution in [1.82, 2.24) is 4.90 Å². The number of hydrogen-bond acceptors (Lipinski definition) is 4. The molecule has 0 atom stereocenters. The molecule has 0 radical (unpaired) electrons. The molecule has 0 aliphatic carbocycles. The van der Waals surface area contributed by atoms with Crippen molar-refractivity contribution in [3.8, 4) is 0 Å². The van der Waals surface area contributed by atoms with Gasteiger partial charge in [-0.1, -0.05) is 0 Å². The molecule has 0 bridgehead atoms. The van der Waals surface area contributed by atoms with E-state index < -0.39 is 11.7 Å². The third-order valence-electron chi connectivity index (χ3n) is 1.92. The monoisotopic (exact) mass is 245 g/mol. The topological polar surface area (TPSA) is 55.8 Å². The zero-order valence-corrected chi connectivity index (χ0v) is 11.4. The molecule has 0 aliphatic heterocycles. The van der Waals surface area contributed by atoms with Gasteiger partial charge in [-0.15, -0.1) is 0 Å². The van der Waals surface area contributed by atoms with Crippen LogP contribution in [0.15, 0.2) is 0 Å². The standard InChI is InChI=1S/C12H23NO4/c1-6-13(9-8-10(14)16-7-2)11(15)17-12(3,4)5/h6-9H2,1-5H3. The molecule has 0 aromatic carbocycles. The summed E-state index contributed by atoms with van der Waals surface area (Å²) in [6.45, 7) is 10.2. The third-order valence-corrected chi connectivity index (χ3v) is 1.92. The van der Waals surface area contributed by atoms with Crippen molar-refractivity contribution in [2.75, 3.05) is 19.7 Å². The van der Waals surface area contributed by atoms with Gasteiger partial charge in [-0.3, -0.25) is 4.79 Å². The van der Waals surface area contributed by atoms with Crippen LogP contribution in [-0.4, -0.2) is 42.3 Å². The first-order chi connectivity index (χ1) is 7.80. The first-order valence-electron chi connectivity index (χ1n) is 5.93. The van der Waals surface area contributed by atoms with Gasteiger partial charge in [0.2, 0.25) is 0 Å². The predicted molar refractivity (Wildman–Crippen MR) is 64.7 cm³/mol. The van der Waals surface area contributed by atoms with Crippen molar-refractivity contribution in [3.63, 3.8) is 0 Å². The summed E-state index contributed by atoms with van der Waals surface area (Å²) in [7, 11) is 0. The van der Waals surface area contributed by atoms with E-state index in [-0.39, 0.29) is 12.4 Å². The molecule has 0 saturated heterocycles. The van der Waals surface area contributed by atoms with Crippen LogP contribution < -0.4 is 0 Å². The molecule has 0 spiro atoms. The van der Waals surface area contributed by atoms with Crippen molar-refractivity contribution >= 4 is 12.1 Å². The Hall–Kier alpha value is -1.26. The van der Waals surface area contributed by atoms with Crippen LogP contribution in [-0.2, 0) is 14.3 Å². The molecule has 100 valence electrons. The number of carbonyl (C=O) groups is 2. The van der Waals surface area contributed by atoms with Crippen LogP contribution in [0.5, 0.6) is 0 Å². The Kier molecular flexibility index (Phi) is 6.61. The summed E-state index contributed by atoms with van der Waals surface area (Å²) in [4.78, 5) is 24.4. The quantitative estimate of drug-likeness (QED) is 0.697. The highest BCUT2D eigenvalue weighted by Gasteiger charge is 2.21. The fraction of sp³-hybridized carbons (Fsp3) is 0.833. The molecular weight excluding hydrogens is 222 g/mol. The summed E-state index contributed by atoms with van der Waals surface area (Å²) >= 11 is 0. The van der Waals surface area contributed by atoms with Gasteiger partial charge in [0.25, 0.3) is 0 Å². The minimum Gasteiger partial charge on any atom is -0.466 e. The van der Waals surface area contributed by atoms with Gasteiger partial charge in [-0.05, 0) is 34.6 Å². The molecule has 0 aromatic rings. The molecule has 0 saturated carbocycles. The van der Waals surface area contributed by atoms with E-state index in [1.54, 1.807) is 6.92 Å². The SMILES string of the molecule is CCOC(=O)CCN(CC)C(=O)OC(C)(C)C. The van der Waals surface area contributed by atoms with Crippen LogP contribution in [0, 0.1) is 0 Å². The number of ether oxygens (including phenoxy) is 2. The zero-order valence-electron chi connectivity index (χ0n) is 11.4. The Morgan fingerprint density at radius 3 is 2.18 bits per heavy atom. The fourth-order valence-corrected chi connectivity index (χ4v) is 1.16. The minimum absolute atomic E-state index is 0.195. The lowest BCUT2D eigenvalue weighted by atomic mass is 10.2. The normalized spacial score (nSPS) is 10.9. The largest absolute Gasteiger partial charge is 0.466 e. The van der Waals surface area contributed by atoms with Gasteiger partial charge < -0.3 is 14.4 Å². The van der Waals surface area contributed by atoms with Crippen LogP contribution in [0.25, 0.3) is 0 Å². The number of rotatable bonds is 5. The maximum absolute atomic E-state index is 11.7. The molecular formula is C12H23NO4. The average Bonchev–Trinajstić information content (AvgIpc) is 2.16. The van der Waals surface area contributed by atoms with Gasteiger partial charge in [0.1, 0.15) is 5.60 Å². The summed E-state index contributed by atoms with van der Waals surface area (Å²) in [5.74, 6) is -0.297. The van der Waals surface area contributed by atoms with Crippen molar-refractivity contribution < 1.29 is 19.1 Å².